The summed E-state index contributed by atoms with van der Waals surface area (Å²) in [4.78, 5) is 26.3. The number of hydrogen-bond donors (Lipinski definition) is 0. The molecule has 0 aliphatic rings. The summed E-state index contributed by atoms with van der Waals surface area (Å²) in [7, 11) is 0. The van der Waals surface area contributed by atoms with Crippen LogP contribution in [0.1, 0.15) is 10.4 Å². The Balaban J connectivity index is 1.90. The van der Waals surface area contributed by atoms with Gasteiger partial charge in [0.25, 0.3) is 0 Å². The minimum Gasteiger partial charge on any atom is -0.289 e. The summed E-state index contributed by atoms with van der Waals surface area (Å²) in [5.74, 6) is 0. The first-order valence-corrected chi connectivity index (χ1v) is 9.09. The fraction of sp³-hybridized carbons (Fsp3) is 0. The molecule has 0 bridgehead atoms. The lowest BCUT2D eigenvalue weighted by Crippen LogP contribution is -2.03. The number of carbonyl (C=O) groups is 1. The molecule has 0 spiro atoms. The fourth-order valence-electron chi connectivity index (χ4n) is 2.64. The van der Waals surface area contributed by atoms with Crippen molar-refractivity contribution in [3.63, 3.8) is 0 Å². The van der Waals surface area contributed by atoms with Crippen LogP contribution in [0.3, 0.4) is 0 Å². The van der Waals surface area contributed by atoms with Crippen molar-refractivity contribution in [3.8, 4) is 0 Å². The van der Waals surface area contributed by atoms with Crippen LogP contribution >= 0.6 is 23.1 Å². The Morgan fingerprint density at radius 3 is 2.33 bits per heavy atom. The van der Waals surface area contributed by atoms with Gasteiger partial charge in [0.2, 0.25) is 5.12 Å². The van der Waals surface area contributed by atoms with Gasteiger partial charge in [0.15, 0.2) is 5.43 Å². The van der Waals surface area contributed by atoms with Crippen LogP contribution in [-0.4, -0.2) is 5.12 Å². The third-order valence-electron chi connectivity index (χ3n) is 3.78. The first kappa shape index (κ1) is 15.1. The molecule has 0 atom stereocenters. The molecule has 1 aromatic heterocycles. The molecule has 3 aromatic carbocycles. The molecule has 0 saturated carbocycles. The second-order valence-electron chi connectivity index (χ2n) is 5.31. The molecule has 0 amide bonds. The Bertz CT molecular complexity index is 1110. The normalized spacial score (nSPS) is 11.0. The molecule has 0 aliphatic heterocycles. The van der Waals surface area contributed by atoms with Gasteiger partial charge in [-0.2, -0.15) is 0 Å². The van der Waals surface area contributed by atoms with Crippen molar-refractivity contribution in [1.82, 2.24) is 0 Å². The zero-order chi connectivity index (χ0) is 16.5. The minimum atomic E-state index is -0.0438. The maximum absolute atomic E-state index is 12.7. The molecule has 0 fully saturated rings. The van der Waals surface area contributed by atoms with Crippen LogP contribution in [0.4, 0.5) is 0 Å². The van der Waals surface area contributed by atoms with Crippen molar-refractivity contribution in [1.29, 1.82) is 0 Å². The van der Waals surface area contributed by atoms with Crippen molar-refractivity contribution in [2.75, 3.05) is 0 Å². The van der Waals surface area contributed by atoms with Crippen LogP contribution < -0.4 is 5.43 Å². The molecule has 0 saturated heterocycles. The molecular weight excluding hydrogens is 336 g/mol. The fourth-order valence-corrected chi connectivity index (χ4v) is 4.67. The molecule has 4 heteroatoms. The monoisotopic (exact) mass is 348 g/mol. The maximum atomic E-state index is 12.7. The van der Waals surface area contributed by atoms with Crippen LogP contribution in [-0.2, 0) is 0 Å². The van der Waals surface area contributed by atoms with Crippen molar-refractivity contribution in [2.24, 2.45) is 0 Å². The summed E-state index contributed by atoms with van der Waals surface area (Å²) in [6, 6.07) is 22.5. The number of fused-ring (bicyclic) bond motifs is 2. The highest BCUT2D eigenvalue weighted by Crippen LogP contribution is 2.31. The van der Waals surface area contributed by atoms with E-state index in [9.17, 15) is 9.59 Å². The number of thioether (sulfide) groups is 1. The summed E-state index contributed by atoms with van der Waals surface area (Å²) in [5, 5.41) is 1.27. The van der Waals surface area contributed by atoms with E-state index in [1.54, 1.807) is 18.2 Å². The van der Waals surface area contributed by atoms with Crippen molar-refractivity contribution in [3.05, 3.63) is 88.6 Å². The third-order valence-corrected chi connectivity index (χ3v) is 5.91. The molecule has 2 nitrogen and oxygen atoms in total. The highest BCUT2D eigenvalue weighted by molar-refractivity contribution is 8.14. The molecule has 116 valence electrons. The lowest BCUT2D eigenvalue weighted by molar-refractivity contribution is 0.109. The SMILES string of the molecule is O=C(Sc1ccccc1)c1cccc2c(=O)c3ccccc3sc12. The molecule has 1 heterocycles. The van der Waals surface area contributed by atoms with E-state index in [1.165, 1.54) is 23.1 Å². The molecule has 0 unspecified atom stereocenters. The van der Waals surface area contributed by atoms with E-state index in [0.717, 1.165) is 14.3 Å². The third kappa shape index (κ3) is 2.64. The first-order valence-electron chi connectivity index (χ1n) is 7.46. The summed E-state index contributed by atoms with van der Waals surface area (Å²) in [5.41, 5.74) is 0.577. The Hall–Kier alpha value is -2.43. The zero-order valence-electron chi connectivity index (χ0n) is 12.6. The van der Waals surface area contributed by atoms with Crippen LogP contribution in [0.25, 0.3) is 20.2 Å². The van der Waals surface area contributed by atoms with Crippen LogP contribution in [0.5, 0.6) is 0 Å². The van der Waals surface area contributed by atoms with E-state index >= 15 is 0 Å². The summed E-state index contributed by atoms with van der Waals surface area (Å²) >= 11 is 2.69. The van der Waals surface area contributed by atoms with E-state index in [-0.39, 0.29) is 10.5 Å². The number of hydrogen-bond acceptors (Lipinski definition) is 4. The average molecular weight is 348 g/mol. The van der Waals surface area contributed by atoms with E-state index in [1.807, 2.05) is 54.6 Å². The van der Waals surface area contributed by atoms with Gasteiger partial charge in [-0.1, -0.05) is 36.4 Å². The average Bonchev–Trinajstić information content (AvgIpc) is 2.62. The predicted octanol–water partition coefficient (Wildman–Crippen LogP) is 5.35. The minimum absolute atomic E-state index is 0.0151. The van der Waals surface area contributed by atoms with Gasteiger partial charge in [-0.05, 0) is 48.2 Å². The van der Waals surface area contributed by atoms with E-state index < -0.39 is 0 Å². The van der Waals surface area contributed by atoms with Gasteiger partial charge in [0, 0.05) is 25.9 Å². The van der Waals surface area contributed by atoms with Crippen LogP contribution in [0.2, 0.25) is 0 Å². The van der Waals surface area contributed by atoms with E-state index in [0.29, 0.717) is 16.3 Å². The lowest BCUT2D eigenvalue weighted by Gasteiger charge is -2.06. The van der Waals surface area contributed by atoms with E-state index in [4.69, 9.17) is 0 Å². The van der Waals surface area contributed by atoms with Gasteiger partial charge in [0.05, 0.1) is 4.70 Å². The first-order chi connectivity index (χ1) is 11.7. The topological polar surface area (TPSA) is 34.1 Å². The predicted molar refractivity (Wildman–Crippen MR) is 102 cm³/mol. The highest BCUT2D eigenvalue weighted by atomic mass is 32.2. The largest absolute Gasteiger partial charge is 0.289 e. The molecule has 4 rings (SSSR count). The van der Waals surface area contributed by atoms with Gasteiger partial charge in [-0.15, -0.1) is 11.3 Å². The molecule has 24 heavy (non-hydrogen) atoms. The number of rotatable bonds is 2. The van der Waals surface area contributed by atoms with Gasteiger partial charge in [0.1, 0.15) is 0 Å². The smallest absolute Gasteiger partial charge is 0.225 e. The Morgan fingerprint density at radius 1 is 0.792 bits per heavy atom. The number of carbonyl (C=O) groups excluding carboxylic acids is 1. The summed E-state index contributed by atoms with van der Waals surface area (Å²) in [6.07, 6.45) is 0. The Morgan fingerprint density at radius 2 is 1.50 bits per heavy atom. The highest BCUT2D eigenvalue weighted by Gasteiger charge is 2.15. The van der Waals surface area contributed by atoms with Gasteiger partial charge in [-0.25, -0.2) is 0 Å². The Kier molecular flexibility index (Phi) is 3.92. The standard InChI is InChI=1S/C20H12O2S2/c21-18-14-9-4-5-12-17(14)24-19-15(18)10-6-11-16(19)20(22)23-13-7-2-1-3-8-13/h1-12H. The Labute approximate surface area is 146 Å². The maximum Gasteiger partial charge on any atom is 0.225 e. The van der Waals surface area contributed by atoms with Gasteiger partial charge < -0.3 is 0 Å². The van der Waals surface area contributed by atoms with E-state index in [2.05, 4.69) is 0 Å². The zero-order valence-corrected chi connectivity index (χ0v) is 14.2. The van der Waals surface area contributed by atoms with Crippen LogP contribution in [0, 0.1) is 0 Å². The molecule has 4 aromatic rings. The van der Waals surface area contributed by atoms with Crippen LogP contribution in [0.15, 0.2) is 82.5 Å². The van der Waals surface area contributed by atoms with Crippen molar-refractivity contribution >= 4 is 48.4 Å². The number of benzene rings is 3. The molecule has 0 N–H and O–H groups in total. The van der Waals surface area contributed by atoms with Gasteiger partial charge in [-0.3, -0.25) is 9.59 Å². The van der Waals surface area contributed by atoms with Crippen molar-refractivity contribution in [2.45, 2.75) is 4.90 Å². The summed E-state index contributed by atoms with van der Waals surface area (Å²) in [6.45, 7) is 0. The second kappa shape index (κ2) is 6.23. The second-order valence-corrected chi connectivity index (χ2v) is 7.41. The molecule has 0 radical (unpaired) electrons. The quantitative estimate of drug-likeness (QED) is 0.362. The molecular formula is C20H12O2S2. The van der Waals surface area contributed by atoms with Gasteiger partial charge >= 0.3 is 0 Å². The molecule has 0 aliphatic carbocycles. The summed E-state index contributed by atoms with van der Waals surface area (Å²) < 4.78 is 1.66. The van der Waals surface area contributed by atoms with Crippen molar-refractivity contribution < 1.29 is 4.79 Å². The lowest BCUT2D eigenvalue weighted by atomic mass is 10.1.